The predicted octanol–water partition coefficient (Wildman–Crippen LogP) is 5.40. The molecular weight excluding hydrogens is 416 g/mol. The molecule has 7 heteroatoms. The Bertz CT molecular complexity index is 1060. The molecule has 0 aliphatic carbocycles. The van der Waals surface area contributed by atoms with Gasteiger partial charge in [-0.25, -0.2) is 0 Å². The first-order valence-corrected chi connectivity index (χ1v) is 10.2. The summed E-state index contributed by atoms with van der Waals surface area (Å²) in [6.07, 6.45) is -0.756. The van der Waals surface area contributed by atoms with Gasteiger partial charge in [-0.15, -0.1) is 0 Å². The minimum Gasteiger partial charge on any atom is -0.492 e. The van der Waals surface area contributed by atoms with Crippen molar-refractivity contribution in [2.24, 2.45) is 0 Å². The number of carbonyl (C=O) groups is 2. The van der Waals surface area contributed by atoms with Gasteiger partial charge in [-0.1, -0.05) is 41.9 Å². The van der Waals surface area contributed by atoms with Crippen LogP contribution >= 0.6 is 11.6 Å². The SMILES string of the molecule is CCOc1ccccc1NC(=O)c1ccc(Cl)c(NC(=O)C(C)Oc2ccccc2)c1. The third kappa shape index (κ3) is 5.99. The van der Waals surface area contributed by atoms with Crippen LogP contribution in [0.15, 0.2) is 72.8 Å². The van der Waals surface area contributed by atoms with Gasteiger partial charge in [-0.05, 0) is 56.3 Å². The number of hydrogen-bond acceptors (Lipinski definition) is 4. The first-order valence-electron chi connectivity index (χ1n) is 9.83. The number of benzene rings is 3. The average molecular weight is 439 g/mol. The molecule has 0 radical (unpaired) electrons. The average Bonchev–Trinajstić information content (AvgIpc) is 2.77. The molecule has 0 spiro atoms. The number of ether oxygens (including phenoxy) is 2. The van der Waals surface area contributed by atoms with Gasteiger partial charge >= 0.3 is 0 Å². The van der Waals surface area contributed by atoms with Gasteiger partial charge in [-0.2, -0.15) is 0 Å². The van der Waals surface area contributed by atoms with Crippen LogP contribution in [0.3, 0.4) is 0 Å². The number of carbonyl (C=O) groups excluding carboxylic acids is 2. The molecule has 31 heavy (non-hydrogen) atoms. The van der Waals surface area contributed by atoms with E-state index in [1.807, 2.05) is 31.2 Å². The van der Waals surface area contributed by atoms with Crippen LogP contribution in [0.2, 0.25) is 5.02 Å². The standard InChI is InChI=1S/C24H23ClN2O4/c1-3-30-22-12-8-7-11-20(22)26-24(29)17-13-14-19(25)21(15-17)27-23(28)16(2)31-18-9-5-4-6-10-18/h4-16H,3H2,1-2H3,(H,26,29)(H,27,28). The van der Waals surface area contributed by atoms with Gasteiger partial charge in [-0.3, -0.25) is 9.59 Å². The van der Waals surface area contributed by atoms with E-state index in [-0.39, 0.29) is 11.8 Å². The van der Waals surface area contributed by atoms with Gasteiger partial charge in [0.05, 0.1) is 23.0 Å². The summed E-state index contributed by atoms with van der Waals surface area (Å²) in [4.78, 5) is 25.3. The summed E-state index contributed by atoms with van der Waals surface area (Å²) in [6.45, 7) is 3.99. The number of anilines is 2. The van der Waals surface area contributed by atoms with Crippen molar-refractivity contribution in [2.75, 3.05) is 17.2 Å². The molecule has 0 heterocycles. The van der Waals surface area contributed by atoms with Crippen LogP contribution in [0.4, 0.5) is 11.4 Å². The smallest absolute Gasteiger partial charge is 0.265 e. The summed E-state index contributed by atoms with van der Waals surface area (Å²) in [5.74, 6) is 0.419. The molecule has 3 aromatic rings. The fourth-order valence-electron chi connectivity index (χ4n) is 2.80. The van der Waals surface area contributed by atoms with Crippen LogP contribution in [0.1, 0.15) is 24.2 Å². The second kappa shape index (κ2) is 10.5. The third-order valence-corrected chi connectivity index (χ3v) is 4.68. The van der Waals surface area contributed by atoms with E-state index in [4.69, 9.17) is 21.1 Å². The quantitative estimate of drug-likeness (QED) is 0.494. The molecule has 0 aromatic heterocycles. The molecule has 1 atom stereocenters. The zero-order valence-electron chi connectivity index (χ0n) is 17.2. The minimum absolute atomic E-state index is 0.312. The van der Waals surface area contributed by atoms with E-state index in [1.54, 1.807) is 49.4 Å². The van der Waals surface area contributed by atoms with Gasteiger partial charge < -0.3 is 20.1 Å². The van der Waals surface area contributed by atoms with E-state index in [1.165, 1.54) is 6.07 Å². The number of amides is 2. The third-order valence-electron chi connectivity index (χ3n) is 4.35. The van der Waals surface area contributed by atoms with Crippen molar-refractivity contribution >= 4 is 34.8 Å². The first-order chi connectivity index (χ1) is 15.0. The number of halogens is 1. The molecule has 6 nitrogen and oxygen atoms in total. The largest absolute Gasteiger partial charge is 0.492 e. The zero-order valence-corrected chi connectivity index (χ0v) is 18.0. The Labute approximate surface area is 186 Å². The lowest BCUT2D eigenvalue weighted by Gasteiger charge is -2.16. The molecule has 0 saturated carbocycles. The molecule has 3 aromatic carbocycles. The maximum Gasteiger partial charge on any atom is 0.265 e. The monoisotopic (exact) mass is 438 g/mol. The summed E-state index contributed by atoms with van der Waals surface area (Å²) in [6, 6.07) is 20.9. The van der Waals surface area contributed by atoms with Crippen molar-refractivity contribution in [3.05, 3.63) is 83.4 Å². The van der Waals surface area contributed by atoms with E-state index in [0.29, 0.717) is 40.1 Å². The second-order valence-corrected chi connectivity index (χ2v) is 7.05. The van der Waals surface area contributed by atoms with Gasteiger partial charge in [0.15, 0.2) is 6.10 Å². The predicted molar refractivity (Wildman–Crippen MR) is 122 cm³/mol. The highest BCUT2D eigenvalue weighted by atomic mass is 35.5. The summed E-state index contributed by atoms with van der Waals surface area (Å²) in [5, 5.41) is 5.85. The highest BCUT2D eigenvalue weighted by Crippen LogP contribution is 2.27. The van der Waals surface area contributed by atoms with Gasteiger partial charge in [0.25, 0.3) is 11.8 Å². The second-order valence-electron chi connectivity index (χ2n) is 6.64. The van der Waals surface area contributed by atoms with E-state index in [9.17, 15) is 9.59 Å². The fourth-order valence-corrected chi connectivity index (χ4v) is 2.96. The lowest BCUT2D eigenvalue weighted by molar-refractivity contribution is -0.122. The molecule has 3 rings (SSSR count). The van der Waals surface area contributed by atoms with Crippen LogP contribution < -0.4 is 20.1 Å². The molecule has 0 fully saturated rings. The van der Waals surface area contributed by atoms with E-state index >= 15 is 0 Å². The number of rotatable bonds is 8. The van der Waals surface area contributed by atoms with Crippen molar-refractivity contribution < 1.29 is 19.1 Å². The highest BCUT2D eigenvalue weighted by Gasteiger charge is 2.18. The summed E-state index contributed by atoms with van der Waals surface area (Å²) in [5.41, 5.74) is 1.21. The molecule has 160 valence electrons. The van der Waals surface area contributed by atoms with Crippen molar-refractivity contribution in [1.82, 2.24) is 0 Å². The molecule has 0 aliphatic rings. The molecule has 2 amide bonds. The van der Waals surface area contributed by atoms with Crippen LogP contribution in [-0.2, 0) is 4.79 Å². The molecule has 0 bridgehead atoms. The van der Waals surface area contributed by atoms with Gasteiger partial charge in [0, 0.05) is 5.56 Å². The van der Waals surface area contributed by atoms with Crippen molar-refractivity contribution in [2.45, 2.75) is 20.0 Å². The molecule has 1 unspecified atom stereocenters. The van der Waals surface area contributed by atoms with E-state index < -0.39 is 6.10 Å². The van der Waals surface area contributed by atoms with Crippen LogP contribution in [0, 0.1) is 0 Å². The summed E-state index contributed by atoms with van der Waals surface area (Å²) in [7, 11) is 0. The number of nitrogens with one attached hydrogen (secondary N) is 2. The van der Waals surface area contributed by atoms with Crippen LogP contribution in [0.25, 0.3) is 0 Å². The van der Waals surface area contributed by atoms with Gasteiger partial charge in [0.2, 0.25) is 0 Å². The number of hydrogen-bond donors (Lipinski definition) is 2. The molecule has 0 saturated heterocycles. The van der Waals surface area contributed by atoms with Crippen LogP contribution in [-0.4, -0.2) is 24.5 Å². The lowest BCUT2D eigenvalue weighted by atomic mass is 10.1. The topological polar surface area (TPSA) is 76.7 Å². The lowest BCUT2D eigenvalue weighted by Crippen LogP contribution is -2.30. The normalized spacial score (nSPS) is 11.3. The fraction of sp³-hybridized carbons (Fsp3) is 0.167. The summed E-state index contributed by atoms with van der Waals surface area (Å²) < 4.78 is 11.2. The van der Waals surface area contributed by atoms with E-state index in [0.717, 1.165) is 0 Å². The molecular formula is C24H23ClN2O4. The maximum atomic E-state index is 12.7. The first kappa shape index (κ1) is 22.2. The highest BCUT2D eigenvalue weighted by molar-refractivity contribution is 6.34. The molecule has 2 N–H and O–H groups in total. The number of para-hydroxylation sites is 3. The minimum atomic E-state index is -0.756. The van der Waals surface area contributed by atoms with Crippen molar-refractivity contribution in [1.29, 1.82) is 0 Å². The Morgan fingerprint density at radius 3 is 2.39 bits per heavy atom. The van der Waals surface area contributed by atoms with Crippen molar-refractivity contribution in [3.8, 4) is 11.5 Å². The Morgan fingerprint density at radius 1 is 0.935 bits per heavy atom. The Balaban J connectivity index is 1.71. The van der Waals surface area contributed by atoms with Crippen LogP contribution in [0.5, 0.6) is 11.5 Å². The van der Waals surface area contributed by atoms with Crippen molar-refractivity contribution in [3.63, 3.8) is 0 Å². The maximum absolute atomic E-state index is 12.7. The van der Waals surface area contributed by atoms with E-state index in [2.05, 4.69) is 10.6 Å². The Hall–Kier alpha value is -3.51. The van der Waals surface area contributed by atoms with Gasteiger partial charge in [0.1, 0.15) is 11.5 Å². The Kier molecular flexibility index (Phi) is 7.51. The zero-order chi connectivity index (χ0) is 22.2. The molecule has 0 aliphatic heterocycles. The Morgan fingerprint density at radius 2 is 1.65 bits per heavy atom. The summed E-state index contributed by atoms with van der Waals surface area (Å²) >= 11 is 6.23.